The SMILES string of the molecule is O=[N+]([O-])c1ccc2nc(SC[C@H]3CCCNC3)[nH]c2c1. The molecule has 3 rings (SSSR count). The number of hydrogen-bond acceptors (Lipinski definition) is 5. The first kappa shape index (κ1) is 13.4. The Morgan fingerprint density at radius 3 is 3.15 bits per heavy atom. The minimum absolute atomic E-state index is 0.0918. The molecule has 2 heterocycles. The van der Waals surface area contributed by atoms with E-state index in [1.165, 1.54) is 25.0 Å². The van der Waals surface area contributed by atoms with Crippen LogP contribution in [-0.4, -0.2) is 33.7 Å². The molecule has 7 heteroatoms. The predicted molar refractivity (Wildman–Crippen MR) is 79.1 cm³/mol. The second kappa shape index (κ2) is 5.80. The molecule has 1 aromatic carbocycles. The van der Waals surface area contributed by atoms with Crippen molar-refractivity contribution in [3.63, 3.8) is 0 Å². The number of aromatic amines is 1. The lowest BCUT2D eigenvalue weighted by molar-refractivity contribution is -0.384. The summed E-state index contributed by atoms with van der Waals surface area (Å²) in [5.74, 6) is 1.70. The van der Waals surface area contributed by atoms with Crippen LogP contribution in [0.4, 0.5) is 5.69 Å². The average molecular weight is 292 g/mol. The maximum absolute atomic E-state index is 10.7. The normalized spacial score (nSPS) is 19.3. The van der Waals surface area contributed by atoms with Crippen LogP contribution in [-0.2, 0) is 0 Å². The number of thioether (sulfide) groups is 1. The number of non-ortho nitro benzene ring substituents is 1. The minimum Gasteiger partial charge on any atom is -0.333 e. The third-order valence-corrected chi connectivity index (χ3v) is 4.61. The predicted octanol–water partition coefficient (Wildman–Crippen LogP) is 2.56. The van der Waals surface area contributed by atoms with Gasteiger partial charge in [0.25, 0.3) is 5.69 Å². The maximum atomic E-state index is 10.7. The van der Waals surface area contributed by atoms with Crippen LogP contribution >= 0.6 is 11.8 Å². The number of nitrogens with one attached hydrogen (secondary N) is 2. The molecule has 1 saturated heterocycles. The van der Waals surface area contributed by atoms with Gasteiger partial charge in [-0.15, -0.1) is 0 Å². The van der Waals surface area contributed by atoms with Gasteiger partial charge in [0.2, 0.25) is 0 Å². The lowest BCUT2D eigenvalue weighted by Gasteiger charge is -2.21. The number of nitrogens with zero attached hydrogens (tertiary/aromatic N) is 2. The molecule has 0 bridgehead atoms. The molecular formula is C13H16N4O2S. The van der Waals surface area contributed by atoms with Crippen molar-refractivity contribution in [2.45, 2.75) is 18.0 Å². The van der Waals surface area contributed by atoms with E-state index in [4.69, 9.17) is 0 Å². The zero-order valence-corrected chi connectivity index (χ0v) is 11.8. The van der Waals surface area contributed by atoms with E-state index in [2.05, 4.69) is 15.3 Å². The molecule has 0 amide bonds. The smallest absolute Gasteiger partial charge is 0.271 e. The standard InChI is InChI=1S/C13H16N4O2S/c18-17(19)10-3-4-11-12(6-10)16-13(15-11)20-8-9-2-1-5-14-7-9/h3-4,6,9,14H,1-2,5,7-8H2,(H,15,16)/t9-/m0/s1. The van der Waals surface area contributed by atoms with Crippen LogP contribution in [0, 0.1) is 16.0 Å². The van der Waals surface area contributed by atoms with Crippen LogP contribution in [0.2, 0.25) is 0 Å². The first-order valence-corrected chi connectivity index (χ1v) is 7.68. The molecule has 1 aliphatic rings. The second-order valence-corrected chi connectivity index (χ2v) is 6.03. The molecule has 1 atom stereocenters. The lowest BCUT2D eigenvalue weighted by atomic mass is 10.0. The molecule has 0 spiro atoms. The monoisotopic (exact) mass is 292 g/mol. The lowest BCUT2D eigenvalue weighted by Crippen LogP contribution is -2.30. The van der Waals surface area contributed by atoms with E-state index in [9.17, 15) is 10.1 Å². The third-order valence-electron chi connectivity index (χ3n) is 3.51. The van der Waals surface area contributed by atoms with E-state index in [0.717, 1.165) is 35.0 Å². The van der Waals surface area contributed by atoms with Crippen molar-refractivity contribution in [2.75, 3.05) is 18.8 Å². The van der Waals surface area contributed by atoms with Crippen LogP contribution in [0.1, 0.15) is 12.8 Å². The van der Waals surface area contributed by atoms with Gasteiger partial charge in [-0.2, -0.15) is 0 Å². The summed E-state index contributed by atoms with van der Waals surface area (Å²) >= 11 is 1.69. The fraction of sp³-hybridized carbons (Fsp3) is 0.462. The molecule has 2 N–H and O–H groups in total. The Bertz CT molecular complexity index is 622. The zero-order valence-electron chi connectivity index (χ0n) is 11.0. The first-order chi connectivity index (χ1) is 9.72. The van der Waals surface area contributed by atoms with Gasteiger partial charge >= 0.3 is 0 Å². The van der Waals surface area contributed by atoms with Gasteiger partial charge in [-0.05, 0) is 37.9 Å². The summed E-state index contributed by atoms with van der Waals surface area (Å²) in [4.78, 5) is 18.0. The van der Waals surface area contributed by atoms with Gasteiger partial charge in [0.05, 0.1) is 16.0 Å². The summed E-state index contributed by atoms with van der Waals surface area (Å²) in [5, 5.41) is 15.0. The summed E-state index contributed by atoms with van der Waals surface area (Å²) < 4.78 is 0. The van der Waals surface area contributed by atoms with E-state index in [1.807, 2.05) is 0 Å². The van der Waals surface area contributed by atoms with E-state index in [-0.39, 0.29) is 10.6 Å². The fourth-order valence-corrected chi connectivity index (χ4v) is 3.44. The highest BCUT2D eigenvalue weighted by Gasteiger charge is 2.15. The summed E-state index contributed by atoms with van der Waals surface area (Å²) in [6.07, 6.45) is 2.49. The van der Waals surface area contributed by atoms with Gasteiger partial charge < -0.3 is 10.3 Å². The van der Waals surface area contributed by atoms with Gasteiger partial charge in [0.15, 0.2) is 5.16 Å². The first-order valence-electron chi connectivity index (χ1n) is 6.70. The van der Waals surface area contributed by atoms with Crippen molar-refractivity contribution in [3.8, 4) is 0 Å². The average Bonchev–Trinajstić information content (AvgIpc) is 2.88. The molecule has 0 unspecified atom stereocenters. The summed E-state index contributed by atoms with van der Waals surface area (Å²) in [7, 11) is 0. The zero-order chi connectivity index (χ0) is 13.9. The number of piperidine rings is 1. The Hall–Kier alpha value is -1.60. The number of imidazole rings is 1. The highest BCUT2D eigenvalue weighted by molar-refractivity contribution is 7.99. The van der Waals surface area contributed by atoms with Crippen molar-refractivity contribution in [1.82, 2.24) is 15.3 Å². The van der Waals surface area contributed by atoms with Gasteiger partial charge in [-0.3, -0.25) is 10.1 Å². The van der Waals surface area contributed by atoms with Gasteiger partial charge in [-0.1, -0.05) is 11.8 Å². The molecule has 1 aromatic heterocycles. The molecule has 6 nitrogen and oxygen atoms in total. The van der Waals surface area contributed by atoms with Crippen LogP contribution in [0.15, 0.2) is 23.4 Å². The van der Waals surface area contributed by atoms with Gasteiger partial charge in [0, 0.05) is 17.9 Å². The Labute approximate surface area is 120 Å². The summed E-state index contributed by atoms with van der Waals surface area (Å²) in [6, 6.07) is 4.72. The Morgan fingerprint density at radius 2 is 2.40 bits per heavy atom. The molecule has 0 saturated carbocycles. The number of benzene rings is 1. The Kier molecular flexibility index (Phi) is 3.88. The summed E-state index contributed by atoms with van der Waals surface area (Å²) in [6.45, 7) is 2.19. The molecule has 1 fully saturated rings. The number of hydrogen-bond donors (Lipinski definition) is 2. The number of nitro groups is 1. The quantitative estimate of drug-likeness (QED) is 0.514. The molecule has 20 heavy (non-hydrogen) atoms. The van der Waals surface area contributed by atoms with Crippen molar-refractivity contribution in [1.29, 1.82) is 0 Å². The molecule has 106 valence electrons. The van der Waals surface area contributed by atoms with Crippen LogP contribution < -0.4 is 5.32 Å². The maximum Gasteiger partial charge on any atom is 0.271 e. The Morgan fingerprint density at radius 1 is 1.50 bits per heavy atom. The van der Waals surface area contributed by atoms with Gasteiger partial charge in [-0.25, -0.2) is 4.98 Å². The number of aromatic nitrogens is 2. The molecule has 0 radical (unpaired) electrons. The highest BCUT2D eigenvalue weighted by atomic mass is 32.2. The highest BCUT2D eigenvalue weighted by Crippen LogP contribution is 2.25. The second-order valence-electron chi connectivity index (χ2n) is 5.02. The fourth-order valence-electron chi connectivity index (χ4n) is 2.42. The van der Waals surface area contributed by atoms with E-state index in [0.29, 0.717) is 5.92 Å². The number of nitro benzene ring substituents is 1. The number of fused-ring (bicyclic) bond motifs is 1. The van der Waals surface area contributed by atoms with Crippen LogP contribution in [0.3, 0.4) is 0 Å². The van der Waals surface area contributed by atoms with Crippen molar-refractivity contribution >= 4 is 28.5 Å². The van der Waals surface area contributed by atoms with E-state index < -0.39 is 0 Å². The van der Waals surface area contributed by atoms with Crippen LogP contribution in [0.5, 0.6) is 0 Å². The van der Waals surface area contributed by atoms with E-state index >= 15 is 0 Å². The Balaban J connectivity index is 1.70. The topological polar surface area (TPSA) is 83.8 Å². The van der Waals surface area contributed by atoms with E-state index in [1.54, 1.807) is 17.8 Å². The minimum atomic E-state index is -0.388. The van der Waals surface area contributed by atoms with Crippen molar-refractivity contribution in [2.24, 2.45) is 5.92 Å². The molecule has 1 aliphatic heterocycles. The summed E-state index contributed by atoms with van der Waals surface area (Å²) in [5.41, 5.74) is 1.59. The molecule has 2 aromatic rings. The largest absolute Gasteiger partial charge is 0.333 e. The number of H-pyrrole nitrogens is 1. The van der Waals surface area contributed by atoms with Crippen molar-refractivity contribution in [3.05, 3.63) is 28.3 Å². The molecular weight excluding hydrogens is 276 g/mol. The number of rotatable bonds is 4. The van der Waals surface area contributed by atoms with Gasteiger partial charge in [0.1, 0.15) is 0 Å². The molecule has 0 aliphatic carbocycles. The third kappa shape index (κ3) is 2.94. The van der Waals surface area contributed by atoms with Crippen LogP contribution in [0.25, 0.3) is 11.0 Å². The van der Waals surface area contributed by atoms with Crippen molar-refractivity contribution < 1.29 is 4.92 Å².